The molecule has 0 amide bonds. The first-order valence-corrected chi connectivity index (χ1v) is 6.13. The second kappa shape index (κ2) is 5.27. The summed E-state index contributed by atoms with van der Waals surface area (Å²) in [5.41, 5.74) is 1.57. The van der Waals surface area contributed by atoms with E-state index in [1.54, 1.807) is 12.3 Å². The molecule has 4 nitrogen and oxygen atoms in total. The molecule has 92 valence electrons. The van der Waals surface area contributed by atoms with Crippen LogP contribution in [0.25, 0.3) is 0 Å². The molecule has 1 saturated heterocycles. The fourth-order valence-corrected chi connectivity index (χ4v) is 2.04. The fraction of sp³-hybridized carbons (Fsp3) is 0.538. The molecule has 0 radical (unpaired) electrons. The molecule has 0 spiro atoms. The zero-order chi connectivity index (χ0) is 12.3. The number of aromatic nitrogens is 1. The topological polar surface area (TPSA) is 53.4 Å². The van der Waals surface area contributed by atoms with Gasteiger partial charge in [-0.2, -0.15) is 0 Å². The molecule has 1 fully saturated rings. The molecule has 1 aliphatic rings. The number of carbonyl (C=O) groups is 1. The van der Waals surface area contributed by atoms with Gasteiger partial charge in [0.2, 0.25) is 0 Å². The Morgan fingerprint density at radius 1 is 1.47 bits per heavy atom. The summed E-state index contributed by atoms with van der Waals surface area (Å²) in [7, 11) is 0. The number of pyridine rings is 1. The van der Waals surface area contributed by atoms with Gasteiger partial charge in [0.25, 0.3) is 0 Å². The molecule has 0 unspecified atom stereocenters. The second-order valence-corrected chi connectivity index (χ2v) is 4.40. The van der Waals surface area contributed by atoms with Crippen molar-refractivity contribution in [3.8, 4) is 0 Å². The van der Waals surface area contributed by atoms with Crippen LogP contribution in [0.3, 0.4) is 0 Å². The Morgan fingerprint density at radius 2 is 2.18 bits per heavy atom. The van der Waals surface area contributed by atoms with Crippen LogP contribution in [0.2, 0.25) is 0 Å². The van der Waals surface area contributed by atoms with Gasteiger partial charge in [0.05, 0.1) is 18.0 Å². The first kappa shape index (κ1) is 12.0. The van der Waals surface area contributed by atoms with Gasteiger partial charge in [-0.05, 0) is 25.0 Å². The van der Waals surface area contributed by atoms with E-state index >= 15 is 0 Å². The third kappa shape index (κ3) is 2.82. The monoisotopic (exact) mass is 234 g/mol. The number of ketones is 1. The van der Waals surface area contributed by atoms with E-state index < -0.39 is 0 Å². The first-order valence-electron chi connectivity index (χ1n) is 6.13. The highest BCUT2D eigenvalue weighted by atomic mass is 16.3. The largest absolute Gasteiger partial charge is 0.393 e. The molecule has 0 bridgehead atoms. The van der Waals surface area contributed by atoms with Gasteiger partial charge in [-0.3, -0.25) is 9.78 Å². The maximum absolute atomic E-state index is 11.4. The Hall–Kier alpha value is -1.42. The Morgan fingerprint density at radius 3 is 2.71 bits per heavy atom. The predicted molar refractivity (Wildman–Crippen MR) is 66.3 cm³/mol. The van der Waals surface area contributed by atoms with Crippen molar-refractivity contribution < 1.29 is 9.90 Å². The molecule has 1 aromatic rings. The number of rotatable bonds is 3. The molecule has 17 heavy (non-hydrogen) atoms. The molecule has 1 N–H and O–H groups in total. The molecule has 1 aromatic heterocycles. The highest BCUT2D eigenvalue weighted by Crippen LogP contribution is 2.19. The van der Waals surface area contributed by atoms with Crippen LogP contribution in [-0.4, -0.2) is 35.1 Å². The lowest BCUT2D eigenvalue weighted by Crippen LogP contribution is -2.35. The Kier molecular flexibility index (Phi) is 3.74. The third-order valence-corrected chi connectivity index (χ3v) is 3.18. The Labute approximate surface area is 101 Å². The highest BCUT2D eigenvalue weighted by molar-refractivity contribution is 5.94. The van der Waals surface area contributed by atoms with Crippen molar-refractivity contribution in [2.45, 2.75) is 32.3 Å². The van der Waals surface area contributed by atoms with Crippen molar-refractivity contribution in [2.75, 3.05) is 18.0 Å². The van der Waals surface area contributed by atoms with Gasteiger partial charge < -0.3 is 10.0 Å². The molecule has 0 atom stereocenters. The minimum atomic E-state index is -0.167. The number of hydrogen-bond acceptors (Lipinski definition) is 4. The van der Waals surface area contributed by atoms with Crippen LogP contribution in [0.5, 0.6) is 0 Å². The van der Waals surface area contributed by atoms with E-state index in [0.29, 0.717) is 12.1 Å². The molecule has 2 rings (SSSR count). The number of carbonyl (C=O) groups excluding carboxylic acids is 1. The smallest absolute Gasteiger partial charge is 0.180 e. The number of aliphatic hydroxyl groups is 1. The standard InChI is InChI=1S/C13H18N2O2/c1-2-13(17)12-4-3-10(9-14-12)15-7-5-11(16)6-8-15/h3-4,9,11,16H,2,5-8H2,1H3. The summed E-state index contributed by atoms with van der Waals surface area (Å²) < 4.78 is 0. The van der Waals surface area contributed by atoms with Gasteiger partial charge >= 0.3 is 0 Å². The van der Waals surface area contributed by atoms with Gasteiger partial charge in [0.1, 0.15) is 5.69 Å². The van der Waals surface area contributed by atoms with Crippen LogP contribution >= 0.6 is 0 Å². The highest BCUT2D eigenvalue weighted by Gasteiger charge is 2.17. The zero-order valence-electron chi connectivity index (χ0n) is 10.1. The summed E-state index contributed by atoms with van der Waals surface area (Å²) in [6.07, 6.45) is 3.67. The van der Waals surface area contributed by atoms with Crippen LogP contribution < -0.4 is 4.90 Å². The van der Waals surface area contributed by atoms with E-state index in [9.17, 15) is 9.90 Å². The van der Waals surface area contributed by atoms with E-state index in [4.69, 9.17) is 0 Å². The van der Waals surface area contributed by atoms with E-state index in [-0.39, 0.29) is 11.9 Å². The van der Waals surface area contributed by atoms with Crippen molar-refractivity contribution in [3.63, 3.8) is 0 Å². The van der Waals surface area contributed by atoms with Crippen LogP contribution in [0, 0.1) is 0 Å². The van der Waals surface area contributed by atoms with Crippen molar-refractivity contribution in [3.05, 3.63) is 24.0 Å². The number of piperidine rings is 1. The van der Waals surface area contributed by atoms with E-state index in [2.05, 4.69) is 9.88 Å². The minimum absolute atomic E-state index is 0.0746. The SMILES string of the molecule is CCC(=O)c1ccc(N2CCC(O)CC2)cn1. The van der Waals surface area contributed by atoms with Crippen molar-refractivity contribution in [1.29, 1.82) is 0 Å². The minimum Gasteiger partial charge on any atom is -0.393 e. The maximum atomic E-state index is 11.4. The lowest BCUT2D eigenvalue weighted by atomic mass is 10.1. The van der Waals surface area contributed by atoms with Gasteiger partial charge in [-0.25, -0.2) is 0 Å². The van der Waals surface area contributed by atoms with Crippen LogP contribution in [0.15, 0.2) is 18.3 Å². The molecular formula is C13H18N2O2. The summed E-state index contributed by atoms with van der Waals surface area (Å²) >= 11 is 0. The van der Waals surface area contributed by atoms with E-state index in [1.165, 1.54) is 0 Å². The molecule has 0 aliphatic carbocycles. The summed E-state index contributed by atoms with van der Waals surface area (Å²) in [6.45, 7) is 3.54. The van der Waals surface area contributed by atoms with E-state index in [0.717, 1.165) is 31.6 Å². The quantitative estimate of drug-likeness (QED) is 0.808. The Bertz CT molecular complexity index is 381. The summed E-state index contributed by atoms with van der Waals surface area (Å²) in [5, 5.41) is 9.44. The lowest BCUT2D eigenvalue weighted by Gasteiger charge is -2.31. The Balaban J connectivity index is 2.05. The second-order valence-electron chi connectivity index (χ2n) is 4.40. The average molecular weight is 234 g/mol. The van der Waals surface area contributed by atoms with Crippen molar-refractivity contribution >= 4 is 11.5 Å². The van der Waals surface area contributed by atoms with Crippen LogP contribution in [0.4, 0.5) is 5.69 Å². The molecule has 0 saturated carbocycles. The van der Waals surface area contributed by atoms with Gasteiger partial charge in [-0.15, -0.1) is 0 Å². The molecule has 1 aliphatic heterocycles. The number of anilines is 1. The molecule has 4 heteroatoms. The lowest BCUT2D eigenvalue weighted by molar-refractivity contribution is 0.0983. The molecule has 2 heterocycles. The molecule has 0 aromatic carbocycles. The van der Waals surface area contributed by atoms with Gasteiger partial charge in [0, 0.05) is 19.5 Å². The average Bonchev–Trinajstić information content (AvgIpc) is 2.39. The number of nitrogens with zero attached hydrogens (tertiary/aromatic N) is 2. The first-order chi connectivity index (χ1) is 8.20. The number of Topliss-reactive ketones (excluding diaryl/α,β-unsaturated/α-hetero) is 1. The van der Waals surface area contributed by atoms with E-state index in [1.807, 2.05) is 13.0 Å². The number of aliphatic hydroxyl groups excluding tert-OH is 1. The molecular weight excluding hydrogens is 216 g/mol. The third-order valence-electron chi connectivity index (χ3n) is 3.18. The summed E-state index contributed by atoms with van der Waals surface area (Å²) in [5.74, 6) is 0.0746. The van der Waals surface area contributed by atoms with Crippen LogP contribution in [-0.2, 0) is 0 Å². The van der Waals surface area contributed by atoms with Gasteiger partial charge in [-0.1, -0.05) is 6.92 Å². The normalized spacial score (nSPS) is 17.2. The fourth-order valence-electron chi connectivity index (χ4n) is 2.04. The van der Waals surface area contributed by atoms with Crippen molar-refractivity contribution in [1.82, 2.24) is 4.98 Å². The number of hydrogen-bond donors (Lipinski definition) is 1. The predicted octanol–water partition coefficient (Wildman–Crippen LogP) is 1.64. The van der Waals surface area contributed by atoms with Crippen LogP contribution in [0.1, 0.15) is 36.7 Å². The summed E-state index contributed by atoms with van der Waals surface area (Å²) in [4.78, 5) is 17.8. The van der Waals surface area contributed by atoms with Crippen molar-refractivity contribution in [2.24, 2.45) is 0 Å². The van der Waals surface area contributed by atoms with Gasteiger partial charge in [0.15, 0.2) is 5.78 Å². The maximum Gasteiger partial charge on any atom is 0.180 e. The zero-order valence-corrected chi connectivity index (χ0v) is 10.1. The summed E-state index contributed by atoms with van der Waals surface area (Å²) in [6, 6.07) is 3.72.